The van der Waals surface area contributed by atoms with Crippen LogP contribution in [0.5, 0.6) is 0 Å². The molecule has 0 unspecified atom stereocenters. The third kappa shape index (κ3) is 4.58. The van der Waals surface area contributed by atoms with Gasteiger partial charge < -0.3 is 4.90 Å². The van der Waals surface area contributed by atoms with E-state index in [4.69, 9.17) is 0 Å². The first-order valence-electron chi connectivity index (χ1n) is 9.17. The molecule has 1 aliphatic heterocycles. The van der Waals surface area contributed by atoms with Crippen LogP contribution in [0.4, 0.5) is 0 Å². The molecule has 1 amide bonds. The van der Waals surface area contributed by atoms with Crippen LogP contribution >= 0.6 is 0 Å². The summed E-state index contributed by atoms with van der Waals surface area (Å²) < 4.78 is 0. The second kappa shape index (κ2) is 8.28. The maximum absolute atomic E-state index is 12.6. The summed E-state index contributed by atoms with van der Waals surface area (Å²) in [5, 5.41) is 0. The molecule has 26 heavy (non-hydrogen) atoms. The average Bonchev–Trinajstić information content (AvgIpc) is 2.65. The molecule has 0 radical (unpaired) electrons. The minimum atomic E-state index is 0.162. The molecule has 2 aromatic carbocycles. The first-order chi connectivity index (χ1) is 12.5. The van der Waals surface area contributed by atoms with Crippen molar-refractivity contribution >= 4 is 11.7 Å². The number of amides is 1. The molecule has 1 fully saturated rings. The van der Waals surface area contributed by atoms with E-state index in [-0.39, 0.29) is 11.7 Å². The summed E-state index contributed by atoms with van der Waals surface area (Å²) in [6, 6.07) is 15.8. The Morgan fingerprint density at radius 2 is 1.62 bits per heavy atom. The van der Waals surface area contributed by atoms with E-state index in [9.17, 15) is 9.59 Å². The Balaban J connectivity index is 1.51. The highest BCUT2D eigenvalue weighted by molar-refractivity contribution is 5.99. The predicted molar refractivity (Wildman–Crippen MR) is 103 cm³/mol. The van der Waals surface area contributed by atoms with Gasteiger partial charge in [-0.25, -0.2) is 0 Å². The highest BCUT2D eigenvalue weighted by atomic mass is 16.2. The number of hydrogen-bond acceptors (Lipinski definition) is 3. The zero-order chi connectivity index (χ0) is 18.5. The second-order valence-electron chi connectivity index (χ2n) is 7.06. The van der Waals surface area contributed by atoms with Crippen molar-refractivity contribution < 1.29 is 9.59 Å². The molecule has 0 aliphatic carbocycles. The summed E-state index contributed by atoms with van der Waals surface area (Å²) in [6.07, 6.45) is 0.447. The number of rotatable bonds is 5. The Morgan fingerprint density at radius 1 is 0.923 bits per heavy atom. The number of Topliss-reactive ketones (excluding diaryl/α,β-unsaturated/α-hetero) is 1. The number of ketones is 1. The van der Waals surface area contributed by atoms with E-state index in [0.29, 0.717) is 26.1 Å². The minimum Gasteiger partial charge on any atom is -0.340 e. The van der Waals surface area contributed by atoms with E-state index in [2.05, 4.69) is 4.90 Å². The Hall–Kier alpha value is -2.46. The van der Waals surface area contributed by atoms with Crippen molar-refractivity contribution in [3.63, 3.8) is 0 Å². The maximum atomic E-state index is 12.6. The molecule has 0 atom stereocenters. The van der Waals surface area contributed by atoms with Crippen LogP contribution in [0, 0.1) is 13.8 Å². The van der Waals surface area contributed by atoms with Crippen LogP contribution in [0.3, 0.4) is 0 Å². The lowest BCUT2D eigenvalue weighted by molar-refractivity contribution is -0.132. The quantitative estimate of drug-likeness (QED) is 0.779. The molecule has 2 aromatic rings. The lowest BCUT2D eigenvalue weighted by Gasteiger charge is -2.34. The molecule has 4 heteroatoms. The van der Waals surface area contributed by atoms with Gasteiger partial charge in [0.15, 0.2) is 5.78 Å². The van der Waals surface area contributed by atoms with Crippen LogP contribution < -0.4 is 0 Å². The van der Waals surface area contributed by atoms with Gasteiger partial charge in [0.1, 0.15) is 0 Å². The second-order valence-corrected chi connectivity index (χ2v) is 7.06. The van der Waals surface area contributed by atoms with Gasteiger partial charge in [-0.15, -0.1) is 0 Å². The smallest absolute Gasteiger partial charge is 0.227 e. The van der Waals surface area contributed by atoms with Crippen LogP contribution in [0.15, 0.2) is 48.5 Å². The summed E-state index contributed by atoms with van der Waals surface area (Å²) in [6.45, 7) is 7.27. The van der Waals surface area contributed by atoms with Crippen LogP contribution in [-0.2, 0) is 11.2 Å². The SMILES string of the molecule is Cc1ccc(C)c(C(=O)CN2CCN(C(=O)Cc3ccccc3)CC2)c1. The maximum Gasteiger partial charge on any atom is 0.227 e. The molecule has 3 rings (SSSR count). The zero-order valence-corrected chi connectivity index (χ0v) is 15.6. The summed E-state index contributed by atoms with van der Waals surface area (Å²) >= 11 is 0. The molecular formula is C22H26N2O2. The average molecular weight is 350 g/mol. The van der Waals surface area contributed by atoms with E-state index < -0.39 is 0 Å². The van der Waals surface area contributed by atoms with Crippen molar-refractivity contribution in [2.24, 2.45) is 0 Å². The number of carbonyl (C=O) groups excluding carboxylic acids is 2. The molecule has 4 nitrogen and oxygen atoms in total. The largest absolute Gasteiger partial charge is 0.340 e. The molecular weight excluding hydrogens is 324 g/mol. The fourth-order valence-corrected chi connectivity index (χ4v) is 3.36. The lowest BCUT2D eigenvalue weighted by atomic mass is 10.0. The van der Waals surface area contributed by atoms with E-state index in [1.807, 2.05) is 67.3 Å². The van der Waals surface area contributed by atoms with Crippen molar-refractivity contribution in [2.45, 2.75) is 20.3 Å². The topological polar surface area (TPSA) is 40.6 Å². The Kier molecular flexibility index (Phi) is 5.84. The van der Waals surface area contributed by atoms with E-state index in [0.717, 1.165) is 35.3 Å². The van der Waals surface area contributed by atoms with Gasteiger partial charge >= 0.3 is 0 Å². The molecule has 0 aromatic heterocycles. The van der Waals surface area contributed by atoms with Gasteiger partial charge in [-0.05, 0) is 31.0 Å². The van der Waals surface area contributed by atoms with E-state index >= 15 is 0 Å². The summed E-state index contributed by atoms with van der Waals surface area (Å²) in [7, 11) is 0. The van der Waals surface area contributed by atoms with Crippen LogP contribution in [0.1, 0.15) is 27.0 Å². The van der Waals surface area contributed by atoms with Gasteiger partial charge in [-0.1, -0.05) is 48.0 Å². The zero-order valence-electron chi connectivity index (χ0n) is 15.6. The van der Waals surface area contributed by atoms with Gasteiger partial charge in [0.25, 0.3) is 0 Å². The fraction of sp³-hybridized carbons (Fsp3) is 0.364. The monoisotopic (exact) mass is 350 g/mol. The van der Waals surface area contributed by atoms with Gasteiger partial charge in [-0.3, -0.25) is 14.5 Å². The van der Waals surface area contributed by atoms with Crippen molar-refractivity contribution in [3.8, 4) is 0 Å². The van der Waals surface area contributed by atoms with Gasteiger partial charge in [0, 0.05) is 31.7 Å². The number of carbonyl (C=O) groups is 2. The first-order valence-corrected chi connectivity index (χ1v) is 9.17. The number of aryl methyl sites for hydroxylation is 2. The molecule has 1 aliphatic rings. The lowest BCUT2D eigenvalue weighted by Crippen LogP contribution is -2.50. The Morgan fingerprint density at radius 3 is 2.31 bits per heavy atom. The van der Waals surface area contributed by atoms with Crippen molar-refractivity contribution in [2.75, 3.05) is 32.7 Å². The molecule has 0 spiro atoms. The predicted octanol–water partition coefficient (Wildman–Crippen LogP) is 2.87. The third-order valence-corrected chi connectivity index (χ3v) is 4.98. The van der Waals surface area contributed by atoms with Gasteiger partial charge in [0.05, 0.1) is 13.0 Å². The van der Waals surface area contributed by atoms with Gasteiger partial charge in [-0.2, -0.15) is 0 Å². The normalized spacial score (nSPS) is 15.1. The Labute approximate surface area is 155 Å². The summed E-state index contributed by atoms with van der Waals surface area (Å²) in [5.41, 5.74) is 3.99. The molecule has 136 valence electrons. The standard InChI is InChI=1S/C22H26N2O2/c1-17-8-9-18(2)20(14-17)21(25)16-23-10-12-24(13-11-23)22(26)15-19-6-4-3-5-7-19/h3-9,14H,10-13,15-16H2,1-2H3. The summed E-state index contributed by atoms with van der Waals surface area (Å²) in [4.78, 5) is 29.1. The molecule has 0 N–H and O–H groups in total. The van der Waals surface area contributed by atoms with Crippen LogP contribution in [0.2, 0.25) is 0 Å². The molecule has 1 saturated heterocycles. The van der Waals surface area contributed by atoms with Crippen molar-refractivity contribution in [1.82, 2.24) is 9.80 Å². The highest BCUT2D eigenvalue weighted by Crippen LogP contribution is 2.13. The molecule has 1 heterocycles. The van der Waals surface area contributed by atoms with Crippen LogP contribution in [0.25, 0.3) is 0 Å². The number of nitrogens with zero attached hydrogens (tertiary/aromatic N) is 2. The molecule has 0 saturated carbocycles. The van der Waals surface area contributed by atoms with Crippen molar-refractivity contribution in [3.05, 3.63) is 70.8 Å². The molecule has 0 bridgehead atoms. The van der Waals surface area contributed by atoms with E-state index in [1.165, 1.54) is 0 Å². The number of piperazine rings is 1. The van der Waals surface area contributed by atoms with Gasteiger partial charge in [0.2, 0.25) is 5.91 Å². The highest BCUT2D eigenvalue weighted by Gasteiger charge is 2.23. The summed E-state index contributed by atoms with van der Waals surface area (Å²) in [5.74, 6) is 0.326. The third-order valence-electron chi connectivity index (χ3n) is 4.98. The van der Waals surface area contributed by atoms with Crippen LogP contribution in [-0.4, -0.2) is 54.2 Å². The Bertz CT molecular complexity index is 778. The van der Waals surface area contributed by atoms with Crippen molar-refractivity contribution in [1.29, 1.82) is 0 Å². The fourth-order valence-electron chi connectivity index (χ4n) is 3.36. The van der Waals surface area contributed by atoms with E-state index in [1.54, 1.807) is 0 Å². The minimum absolute atomic E-state index is 0.162. The number of hydrogen-bond donors (Lipinski definition) is 0. The number of benzene rings is 2. The first kappa shape index (κ1) is 18.3.